The highest BCUT2D eigenvalue weighted by molar-refractivity contribution is 5.49. The number of aromatic hydroxyl groups is 1. The molecule has 0 amide bonds. The first-order chi connectivity index (χ1) is 9.77. The zero-order chi connectivity index (χ0) is 15.6. The summed E-state index contributed by atoms with van der Waals surface area (Å²) < 4.78 is 0. The van der Waals surface area contributed by atoms with Crippen molar-refractivity contribution >= 4 is 5.69 Å². The van der Waals surface area contributed by atoms with Crippen molar-refractivity contribution in [3.63, 3.8) is 0 Å². The van der Waals surface area contributed by atoms with E-state index in [-0.39, 0.29) is 11.5 Å². The molecule has 0 aliphatic rings. The van der Waals surface area contributed by atoms with Crippen molar-refractivity contribution < 1.29 is 5.11 Å². The molecule has 1 unspecified atom stereocenters. The highest BCUT2D eigenvalue weighted by Crippen LogP contribution is 2.29. The molecule has 2 aromatic rings. The first-order valence-corrected chi connectivity index (χ1v) is 7.44. The number of nitrogens with one attached hydrogen (secondary N) is 1. The molecule has 1 atom stereocenters. The Hall–Kier alpha value is -1.96. The average molecular weight is 283 g/mol. The first-order valence-electron chi connectivity index (χ1n) is 7.44. The molecule has 2 rings (SSSR count). The van der Waals surface area contributed by atoms with Crippen LogP contribution in [0.5, 0.6) is 5.75 Å². The van der Waals surface area contributed by atoms with Gasteiger partial charge >= 0.3 is 0 Å². The molecule has 0 bridgehead atoms. The molecule has 0 aliphatic heterocycles. The summed E-state index contributed by atoms with van der Waals surface area (Å²) >= 11 is 0. The maximum absolute atomic E-state index is 10.1. The van der Waals surface area contributed by atoms with Crippen LogP contribution in [0.3, 0.4) is 0 Å². The summed E-state index contributed by atoms with van der Waals surface area (Å²) in [6.07, 6.45) is 0. The van der Waals surface area contributed by atoms with Crippen molar-refractivity contribution in [2.75, 3.05) is 5.32 Å². The second-order valence-corrected chi connectivity index (χ2v) is 6.76. The van der Waals surface area contributed by atoms with Crippen molar-refractivity contribution in [3.8, 4) is 5.75 Å². The van der Waals surface area contributed by atoms with E-state index in [1.165, 1.54) is 5.56 Å². The van der Waals surface area contributed by atoms with Crippen LogP contribution in [0.25, 0.3) is 0 Å². The van der Waals surface area contributed by atoms with Gasteiger partial charge in [-0.3, -0.25) is 0 Å². The first kappa shape index (κ1) is 15.4. The minimum Gasteiger partial charge on any atom is -0.508 e. The summed E-state index contributed by atoms with van der Waals surface area (Å²) in [7, 11) is 0. The third kappa shape index (κ3) is 3.78. The fourth-order valence-corrected chi connectivity index (χ4v) is 2.41. The van der Waals surface area contributed by atoms with Crippen LogP contribution < -0.4 is 5.32 Å². The standard InChI is InChI=1S/C19H25NO/c1-13-6-11-17(18(21)12-13)14(2)20-16-9-7-15(8-10-16)19(3,4)5/h6-12,14,20-21H,1-5H3. The Morgan fingerprint density at radius 3 is 2.14 bits per heavy atom. The zero-order valence-corrected chi connectivity index (χ0v) is 13.6. The smallest absolute Gasteiger partial charge is 0.121 e. The van der Waals surface area contributed by atoms with Gasteiger partial charge in [-0.25, -0.2) is 0 Å². The highest BCUT2D eigenvalue weighted by atomic mass is 16.3. The Morgan fingerprint density at radius 1 is 1.00 bits per heavy atom. The molecular weight excluding hydrogens is 258 g/mol. The molecule has 2 N–H and O–H groups in total. The monoisotopic (exact) mass is 283 g/mol. The molecule has 21 heavy (non-hydrogen) atoms. The predicted octanol–water partition coefficient (Wildman–Crippen LogP) is 5.17. The number of phenols is 1. The molecule has 0 heterocycles. The van der Waals surface area contributed by atoms with E-state index in [9.17, 15) is 5.11 Å². The van der Waals surface area contributed by atoms with Gasteiger partial charge in [-0.05, 0) is 48.6 Å². The summed E-state index contributed by atoms with van der Waals surface area (Å²) in [5.41, 5.74) is 4.53. The lowest BCUT2D eigenvalue weighted by atomic mass is 9.87. The minimum atomic E-state index is 0.0612. The van der Waals surface area contributed by atoms with Crippen LogP contribution in [0.15, 0.2) is 42.5 Å². The van der Waals surface area contributed by atoms with Crippen LogP contribution in [0.1, 0.15) is 50.4 Å². The van der Waals surface area contributed by atoms with Gasteiger partial charge in [-0.2, -0.15) is 0 Å². The van der Waals surface area contributed by atoms with Gasteiger partial charge < -0.3 is 10.4 Å². The van der Waals surface area contributed by atoms with Gasteiger partial charge in [-0.1, -0.05) is 45.0 Å². The molecule has 0 aliphatic carbocycles. The van der Waals surface area contributed by atoms with Crippen molar-refractivity contribution in [2.45, 2.75) is 46.1 Å². The quantitative estimate of drug-likeness (QED) is 0.814. The number of hydrogen-bond acceptors (Lipinski definition) is 2. The van der Waals surface area contributed by atoms with Crippen molar-refractivity contribution in [1.29, 1.82) is 0 Å². The summed E-state index contributed by atoms with van der Waals surface area (Å²) in [4.78, 5) is 0. The van der Waals surface area contributed by atoms with Gasteiger partial charge in [0, 0.05) is 11.3 Å². The fourth-order valence-electron chi connectivity index (χ4n) is 2.41. The van der Waals surface area contributed by atoms with Crippen LogP contribution in [-0.4, -0.2) is 5.11 Å². The third-order valence-electron chi connectivity index (χ3n) is 3.79. The van der Waals surface area contributed by atoms with Gasteiger partial charge in [0.15, 0.2) is 0 Å². The summed E-state index contributed by atoms with van der Waals surface area (Å²) in [6, 6.07) is 14.4. The van der Waals surface area contributed by atoms with Gasteiger partial charge in [0.2, 0.25) is 0 Å². The normalized spacial score (nSPS) is 13.0. The SMILES string of the molecule is Cc1ccc(C(C)Nc2ccc(C(C)(C)C)cc2)c(O)c1. The maximum atomic E-state index is 10.1. The molecule has 2 aromatic carbocycles. The van der Waals surface area contributed by atoms with Crippen LogP contribution in [0.4, 0.5) is 5.69 Å². The number of anilines is 1. The molecule has 2 heteroatoms. The number of rotatable bonds is 3. The molecule has 0 saturated heterocycles. The Bertz CT molecular complexity index is 608. The number of aryl methyl sites for hydroxylation is 1. The van der Waals surface area contributed by atoms with Gasteiger partial charge in [0.1, 0.15) is 5.75 Å². The van der Waals surface area contributed by atoms with E-state index in [0.29, 0.717) is 5.75 Å². The molecule has 0 fully saturated rings. The molecule has 2 nitrogen and oxygen atoms in total. The Labute approximate surface area is 127 Å². The van der Waals surface area contributed by atoms with E-state index in [1.807, 2.05) is 19.1 Å². The number of phenolic OH excluding ortho intramolecular Hbond substituents is 1. The predicted molar refractivity (Wildman–Crippen MR) is 90.0 cm³/mol. The number of benzene rings is 2. The summed E-state index contributed by atoms with van der Waals surface area (Å²) in [6.45, 7) is 10.7. The second-order valence-electron chi connectivity index (χ2n) is 6.76. The summed E-state index contributed by atoms with van der Waals surface area (Å²) in [5.74, 6) is 0.348. The lowest BCUT2D eigenvalue weighted by Gasteiger charge is -2.21. The molecule has 0 aromatic heterocycles. The minimum absolute atomic E-state index is 0.0612. The van der Waals surface area contributed by atoms with Crippen LogP contribution >= 0.6 is 0 Å². The Kier molecular flexibility index (Phi) is 4.26. The number of hydrogen-bond donors (Lipinski definition) is 2. The van der Waals surface area contributed by atoms with E-state index in [1.54, 1.807) is 6.07 Å². The van der Waals surface area contributed by atoms with Gasteiger partial charge in [-0.15, -0.1) is 0 Å². The van der Waals surface area contributed by atoms with E-state index in [2.05, 4.69) is 57.3 Å². The van der Waals surface area contributed by atoms with E-state index >= 15 is 0 Å². The van der Waals surface area contributed by atoms with Crippen LogP contribution in [0, 0.1) is 6.92 Å². The lowest BCUT2D eigenvalue weighted by molar-refractivity contribution is 0.465. The topological polar surface area (TPSA) is 32.3 Å². The van der Waals surface area contributed by atoms with Gasteiger partial charge in [0.05, 0.1) is 6.04 Å². The van der Waals surface area contributed by atoms with E-state index in [4.69, 9.17) is 0 Å². The van der Waals surface area contributed by atoms with Crippen molar-refractivity contribution in [2.24, 2.45) is 0 Å². The molecular formula is C19H25NO. The largest absolute Gasteiger partial charge is 0.508 e. The molecule has 0 saturated carbocycles. The van der Waals surface area contributed by atoms with E-state index < -0.39 is 0 Å². The average Bonchev–Trinajstić information content (AvgIpc) is 2.38. The van der Waals surface area contributed by atoms with E-state index in [0.717, 1.165) is 16.8 Å². The molecule has 112 valence electrons. The third-order valence-corrected chi connectivity index (χ3v) is 3.79. The second kappa shape index (κ2) is 5.80. The van der Waals surface area contributed by atoms with Gasteiger partial charge in [0.25, 0.3) is 0 Å². The lowest BCUT2D eigenvalue weighted by Crippen LogP contribution is -2.11. The zero-order valence-electron chi connectivity index (χ0n) is 13.6. The van der Waals surface area contributed by atoms with Crippen LogP contribution in [0.2, 0.25) is 0 Å². The highest BCUT2D eigenvalue weighted by Gasteiger charge is 2.14. The Balaban J connectivity index is 2.14. The molecule has 0 radical (unpaired) electrons. The fraction of sp³-hybridized carbons (Fsp3) is 0.368. The van der Waals surface area contributed by atoms with Crippen molar-refractivity contribution in [1.82, 2.24) is 0 Å². The summed E-state index contributed by atoms with van der Waals surface area (Å²) in [5, 5.41) is 13.5. The van der Waals surface area contributed by atoms with Crippen LogP contribution in [-0.2, 0) is 5.41 Å². The maximum Gasteiger partial charge on any atom is 0.121 e. The molecule has 0 spiro atoms. The van der Waals surface area contributed by atoms with Crippen molar-refractivity contribution in [3.05, 3.63) is 59.2 Å². The Morgan fingerprint density at radius 2 is 1.62 bits per heavy atom.